The van der Waals surface area contributed by atoms with E-state index < -0.39 is 5.97 Å². The van der Waals surface area contributed by atoms with E-state index in [2.05, 4.69) is 12.2 Å². The number of aromatic nitrogens is 1. The molecule has 2 N–H and O–H groups in total. The van der Waals surface area contributed by atoms with Crippen molar-refractivity contribution in [2.45, 2.75) is 25.8 Å². The number of fused-ring (bicyclic) bond motifs is 1. The second-order valence-corrected chi connectivity index (χ2v) is 5.76. The molecule has 3 rings (SSSR count). The lowest BCUT2D eigenvalue weighted by atomic mass is 9.91. The molecule has 0 bridgehead atoms. The molecule has 1 aliphatic rings. The third-order valence-electron chi connectivity index (χ3n) is 4.28. The highest BCUT2D eigenvalue weighted by Crippen LogP contribution is 2.29. The van der Waals surface area contributed by atoms with Gasteiger partial charge in [0.05, 0.1) is 11.1 Å². The van der Waals surface area contributed by atoms with E-state index in [0.717, 1.165) is 18.6 Å². The van der Waals surface area contributed by atoms with E-state index in [4.69, 9.17) is 0 Å². The number of carbonyl (C=O) groups is 1. The minimum absolute atomic E-state index is 0.0932. The summed E-state index contributed by atoms with van der Waals surface area (Å²) in [6.45, 7) is 5.52. The van der Waals surface area contributed by atoms with E-state index in [1.54, 1.807) is 12.1 Å². The number of nitrogens with zero attached hydrogens (tertiary/aromatic N) is 1. The fraction of sp³-hybridized carbons (Fsp3) is 0.375. The van der Waals surface area contributed by atoms with Crippen molar-refractivity contribution >= 4 is 16.9 Å². The smallest absolute Gasteiger partial charge is 0.341 e. The van der Waals surface area contributed by atoms with Gasteiger partial charge in [0.1, 0.15) is 5.56 Å². The molecule has 0 saturated carbocycles. The zero-order valence-corrected chi connectivity index (χ0v) is 12.1. The predicted molar refractivity (Wildman–Crippen MR) is 81.1 cm³/mol. The third-order valence-corrected chi connectivity index (χ3v) is 4.28. The van der Waals surface area contributed by atoms with Crippen molar-refractivity contribution in [2.75, 3.05) is 13.1 Å². The van der Waals surface area contributed by atoms with Crippen LogP contribution >= 0.6 is 0 Å². The number of hydrogen-bond acceptors (Lipinski definition) is 3. The van der Waals surface area contributed by atoms with Crippen LogP contribution in [0.1, 0.15) is 29.9 Å². The lowest BCUT2D eigenvalue weighted by Crippen LogP contribution is -2.59. The van der Waals surface area contributed by atoms with Gasteiger partial charge >= 0.3 is 5.97 Å². The highest BCUT2D eigenvalue weighted by molar-refractivity contribution is 5.94. The van der Waals surface area contributed by atoms with Gasteiger partial charge in [-0.3, -0.25) is 4.79 Å². The van der Waals surface area contributed by atoms with Gasteiger partial charge in [0, 0.05) is 24.2 Å². The van der Waals surface area contributed by atoms with Crippen LogP contribution in [-0.4, -0.2) is 28.7 Å². The Balaban J connectivity index is 2.51. The third kappa shape index (κ3) is 1.88. The molecule has 0 amide bonds. The molecule has 5 heteroatoms. The molecule has 21 heavy (non-hydrogen) atoms. The van der Waals surface area contributed by atoms with Gasteiger partial charge in [-0.25, -0.2) is 4.79 Å². The van der Waals surface area contributed by atoms with Crippen LogP contribution < -0.4 is 10.7 Å². The van der Waals surface area contributed by atoms with Crippen molar-refractivity contribution in [3.05, 3.63) is 45.7 Å². The summed E-state index contributed by atoms with van der Waals surface area (Å²) in [4.78, 5) is 24.1. The monoisotopic (exact) mass is 286 g/mol. The molecule has 0 unspecified atom stereocenters. The summed E-state index contributed by atoms with van der Waals surface area (Å²) >= 11 is 0. The highest BCUT2D eigenvalue weighted by Gasteiger charge is 2.37. The Morgan fingerprint density at radius 1 is 1.38 bits per heavy atom. The van der Waals surface area contributed by atoms with E-state index in [1.165, 1.54) is 0 Å². The van der Waals surface area contributed by atoms with Gasteiger partial charge in [-0.15, -0.1) is 0 Å². The molecule has 0 radical (unpaired) electrons. The van der Waals surface area contributed by atoms with Gasteiger partial charge in [0.15, 0.2) is 0 Å². The molecular weight excluding hydrogens is 268 g/mol. The number of para-hydroxylation sites is 1. The van der Waals surface area contributed by atoms with Crippen LogP contribution in [0.5, 0.6) is 0 Å². The molecule has 1 saturated heterocycles. The number of carboxylic acids is 1. The van der Waals surface area contributed by atoms with Crippen LogP contribution in [0.4, 0.5) is 0 Å². The second kappa shape index (κ2) is 4.70. The lowest BCUT2D eigenvalue weighted by molar-refractivity contribution is 0.0692. The zero-order chi connectivity index (χ0) is 15.2. The molecule has 1 aliphatic heterocycles. The minimum atomic E-state index is -1.15. The quantitative estimate of drug-likeness (QED) is 0.898. The van der Waals surface area contributed by atoms with Crippen molar-refractivity contribution in [1.82, 2.24) is 9.88 Å². The molecule has 2 heterocycles. The maximum Gasteiger partial charge on any atom is 0.341 e. The van der Waals surface area contributed by atoms with Crippen LogP contribution in [0.2, 0.25) is 0 Å². The summed E-state index contributed by atoms with van der Waals surface area (Å²) in [6.07, 6.45) is 0.511. The summed E-state index contributed by atoms with van der Waals surface area (Å²) < 4.78 is 2.05. The fourth-order valence-corrected chi connectivity index (χ4v) is 3.20. The number of aromatic carboxylic acids is 1. The molecule has 110 valence electrons. The molecule has 1 fully saturated rings. The van der Waals surface area contributed by atoms with Crippen molar-refractivity contribution in [3.63, 3.8) is 0 Å². The molecule has 2 aromatic rings. The topological polar surface area (TPSA) is 71.3 Å². The highest BCUT2D eigenvalue weighted by atomic mass is 16.4. The van der Waals surface area contributed by atoms with Crippen molar-refractivity contribution in [3.8, 4) is 0 Å². The number of hydrogen-bond donors (Lipinski definition) is 2. The van der Waals surface area contributed by atoms with E-state index in [-0.39, 0.29) is 16.5 Å². The maximum absolute atomic E-state index is 12.5. The van der Waals surface area contributed by atoms with Crippen molar-refractivity contribution < 1.29 is 9.90 Å². The Hall–Kier alpha value is -2.14. The average molecular weight is 286 g/mol. The molecule has 0 aliphatic carbocycles. The first kappa shape index (κ1) is 13.8. The van der Waals surface area contributed by atoms with Crippen molar-refractivity contribution in [1.29, 1.82) is 0 Å². The Kier molecular flexibility index (Phi) is 3.10. The van der Waals surface area contributed by atoms with Crippen LogP contribution in [0.25, 0.3) is 10.9 Å². The van der Waals surface area contributed by atoms with Crippen molar-refractivity contribution in [2.24, 2.45) is 0 Å². The van der Waals surface area contributed by atoms with Crippen LogP contribution in [0.3, 0.4) is 0 Å². The van der Waals surface area contributed by atoms with Gasteiger partial charge in [-0.1, -0.05) is 19.1 Å². The largest absolute Gasteiger partial charge is 0.477 e. The Morgan fingerprint density at radius 2 is 2.05 bits per heavy atom. The van der Waals surface area contributed by atoms with Gasteiger partial charge in [-0.05, 0) is 25.5 Å². The second-order valence-electron chi connectivity index (χ2n) is 5.76. The average Bonchev–Trinajstić information content (AvgIpc) is 2.44. The lowest BCUT2D eigenvalue weighted by Gasteiger charge is -2.44. The Bertz CT molecular complexity index is 788. The van der Waals surface area contributed by atoms with E-state index in [0.29, 0.717) is 17.5 Å². The molecule has 5 nitrogen and oxygen atoms in total. The first-order valence-corrected chi connectivity index (χ1v) is 7.10. The summed E-state index contributed by atoms with van der Waals surface area (Å²) in [6, 6.07) is 7.25. The summed E-state index contributed by atoms with van der Waals surface area (Å²) in [5.74, 6) is -1.15. The van der Waals surface area contributed by atoms with Gasteiger partial charge < -0.3 is 15.0 Å². The number of rotatable bonds is 3. The SMILES string of the molecule is CCc1c(C(=O)O)c(=O)c2ccccc2n1C1(C)CNC1. The van der Waals surface area contributed by atoms with E-state index >= 15 is 0 Å². The number of carboxylic acid groups (broad SMARTS) is 1. The van der Waals surface area contributed by atoms with Gasteiger partial charge in [0.25, 0.3) is 0 Å². The summed E-state index contributed by atoms with van der Waals surface area (Å²) in [7, 11) is 0. The Labute approximate surface area is 122 Å². The van der Waals surface area contributed by atoms with E-state index in [1.807, 2.05) is 23.6 Å². The van der Waals surface area contributed by atoms with E-state index in [9.17, 15) is 14.7 Å². The molecular formula is C16H18N2O3. The van der Waals surface area contributed by atoms with Gasteiger partial charge in [-0.2, -0.15) is 0 Å². The summed E-state index contributed by atoms with van der Waals surface area (Å²) in [5, 5.41) is 13.2. The standard InChI is InChI=1S/C16H18N2O3/c1-3-11-13(15(20)21)14(19)10-6-4-5-7-12(10)18(11)16(2)8-17-9-16/h4-7,17H,3,8-9H2,1-2H3,(H,20,21). The zero-order valence-electron chi connectivity index (χ0n) is 12.1. The molecule has 1 aromatic heterocycles. The van der Waals surface area contributed by atoms with Crippen LogP contribution in [-0.2, 0) is 12.0 Å². The first-order valence-electron chi connectivity index (χ1n) is 7.10. The first-order chi connectivity index (χ1) is 9.99. The number of pyridine rings is 1. The minimum Gasteiger partial charge on any atom is -0.477 e. The van der Waals surface area contributed by atoms with Crippen LogP contribution in [0, 0.1) is 0 Å². The maximum atomic E-state index is 12.5. The predicted octanol–water partition coefficient (Wildman–Crippen LogP) is 1.58. The van der Waals surface area contributed by atoms with Gasteiger partial charge in [0.2, 0.25) is 5.43 Å². The Morgan fingerprint density at radius 3 is 2.57 bits per heavy atom. The molecule has 1 aromatic carbocycles. The van der Waals surface area contributed by atoms with Crippen LogP contribution in [0.15, 0.2) is 29.1 Å². The molecule has 0 atom stereocenters. The number of nitrogens with one attached hydrogen (secondary N) is 1. The fourth-order valence-electron chi connectivity index (χ4n) is 3.20. The summed E-state index contributed by atoms with van der Waals surface area (Å²) in [5.41, 5.74) is 0.748. The molecule has 0 spiro atoms. The normalized spacial score (nSPS) is 16.7. The number of benzene rings is 1.